The third kappa shape index (κ3) is 4.02. The Kier molecular flexibility index (Phi) is 5.14. The molecule has 0 spiro atoms. The van der Waals surface area contributed by atoms with Crippen molar-refractivity contribution in [3.63, 3.8) is 0 Å². The molecule has 1 fully saturated rings. The van der Waals surface area contributed by atoms with Gasteiger partial charge in [0.2, 0.25) is 0 Å². The summed E-state index contributed by atoms with van der Waals surface area (Å²) in [5.74, 6) is 1.03. The predicted octanol–water partition coefficient (Wildman–Crippen LogP) is 4.52. The second-order valence-corrected chi connectivity index (χ2v) is 6.59. The molecule has 0 radical (unpaired) electrons. The highest BCUT2D eigenvalue weighted by Crippen LogP contribution is 2.33. The highest BCUT2D eigenvalue weighted by atomic mass is 19.1. The minimum absolute atomic E-state index is 0.449. The number of halogens is 2. The molecule has 3 unspecified atom stereocenters. The Morgan fingerprint density at radius 1 is 1.15 bits per heavy atom. The highest BCUT2D eigenvalue weighted by Gasteiger charge is 2.30. The molecule has 3 heteroatoms. The first-order valence-electron chi connectivity index (χ1n) is 7.64. The van der Waals surface area contributed by atoms with Crippen LogP contribution in [0, 0.1) is 29.4 Å². The van der Waals surface area contributed by atoms with Crippen molar-refractivity contribution in [1.29, 1.82) is 0 Å². The quantitative estimate of drug-likeness (QED) is 0.856. The Bertz CT molecular complexity index is 424. The minimum Gasteiger partial charge on any atom is -0.310 e. The lowest BCUT2D eigenvalue weighted by molar-refractivity contribution is 0.169. The first kappa shape index (κ1) is 15.4. The molecule has 0 aliphatic heterocycles. The average Bonchev–Trinajstić information content (AvgIpc) is 2.35. The van der Waals surface area contributed by atoms with Crippen LogP contribution in [0.2, 0.25) is 0 Å². The van der Waals surface area contributed by atoms with Crippen molar-refractivity contribution < 1.29 is 8.78 Å². The molecule has 1 N–H and O–H groups in total. The Labute approximate surface area is 120 Å². The summed E-state index contributed by atoms with van der Waals surface area (Å²) in [4.78, 5) is 0. The molecule has 0 heterocycles. The van der Waals surface area contributed by atoms with E-state index in [9.17, 15) is 8.78 Å². The molecule has 0 saturated heterocycles. The lowest BCUT2D eigenvalue weighted by Gasteiger charge is -2.38. The molecule has 112 valence electrons. The average molecular weight is 281 g/mol. The maximum atomic E-state index is 13.2. The number of rotatable bonds is 4. The Morgan fingerprint density at radius 3 is 2.40 bits per heavy atom. The summed E-state index contributed by atoms with van der Waals surface area (Å²) in [6.07, 6.45) is 3.68. The summed E-state index contributed by atoms with van der Waals surface area (Å²) in [7, 11) is 0. The van der Waals surface area contributed by atoms with Crippen molar-refractivity contribution in [1.82, 2.24) is 5.32 Å². The van der Waals surface area contributed by atoms with Crippen LogP contribution in [-0.4, -0.2) is 6.04 Å². The van der Waals surface area contributed by atoms with Gasteiger partial charge in [-0.05, 0) is 48.3 Å². The Morgan fingerprint density at radius 2 is 1.80 bits per heavy atom. The van der Waals surface area contributed by atoms with E-state index in [0.717, 1.165) is 18.4 Å². The molecule has 2 rings (SSSR count). The first-order chi connectivity index (χ1) is 9.45. The maximum Gasteiger partial charge on any atom is 0.126 e. The van der Waals surface area contributed by atoms with Gasteiger partial charge in [-0.15, -0.1) is 0 Å². The molecule has 0 aromatic heterocycles. The molecule has 1 aromatic rings. The van der Waals surface area contributed by atoms with Crippen molar-refractivity contribution in [2.45, 2.75) is 52.6 Å². The zero-order valence-corrected chi connectivity index (χ0v) is 12.6. The van der Waals surface area contributed by atoms with Crippen LogP contribution in [0.5, 0.6) is 0 Å². The normalized spacial score (nSPS) is 27.0. The molecule has 1 nitrogen and oxygen atoms in total. The van der Waals surface area contributed by atoms with Gasteiger partial charge in [-0.1, -0.05) is 27.2 Å². The third-order valence-corrected chi connectivity index (χ3v) is 4.51. The standard InChI is InChI=1S/C17H25F2N/c1-11(2)16-5-4-12(3)6-17(16)20-10-13-7-14(18)9-15(19)8-13/h7-9,11-12,16-17,20H,4-6,10H2,1-3H3. The summed E-state index contributed by atoms with van der Waals surface area (Å²) in [5, 5.41) is 3.52. The van der Waals surface area contributed by atoms with Gasteiger partial charge in [-0.25, -0.2) is 8.78 Å². The van der Waals surface area contributed by atoms with Crippen LogP contribution in [0.25, 0.3) is 0 Å². The highest BCUT2D eigenvalue weighted by molar-refractivity contribution is 5.17. The minimum atomic E-state index is -0.501. The van der Waals surface area contributed by atoms with Gasteiger partial charge in [0.1, 0.15) is 11.6 Å². The van der Waals surface area contributed by atoms with Crippen molar-refractivity contribution >= 4 is 0 Å². The van der Waals surface area contributed by atoms with Gasteiger partial charge >= 0.3 is 0 Å². The van der Waals surface area contributed by atoms with E-state index in [0.29, 0.717) is 30.0 Å². The van der Waals surface area contributed by atoms with Gasteiger partial charge in [-0.3, -0.25) is 0 Å². The predicted molar refractivity (Wildman–Crippen MR) is 78.3 cm³/mol. The molecule has 1 aliphatic rings. The summed E-state index contributed by atoms with van der Waals surface area (Å²) in [6, 6.07) is 4.19. The summed E-state index contributed by atoms with van der Waals surface area (Å²) in [5.41, 5.74) is 0.684. The lowest BCUT2D eigenvalue weighted by atomic mass is 9.74. The number of hydrogen-bond donors (Lipinski definition) is 1. The topological polar surface area (TPSA) is 12.0 Å². The third-order valence-electron chi connectivity index (χ3n) is 4.51. The van der Waals surface area contributed by atoms with E-state index in [1.807, 2.05) is 0 Å². The van der Waals surface area contributed by atoms with Gasteiger partial charge in [0, 0.05) is 18.7 Å². The van der Waals surface area contributed by atoms with Gasteiger partial charge in [0.05, 0.1) is 0 Å². The van der Waals surface area contributed by atoms with E-state index in [2.05, 4.69) is 26.1 Å². The van der Waals surface area contributed by atoms with E-state index in [-0.39, 0.29) is 0 Å². The largest absolute Gasteiger partial charge is 0.310 e. The zero-order valence-electron chi connectivity index (χ0n) is 12.6. The van der Waals surface area contributed by atoms with Crippen molar-refractivity contribution in [3.8, 4) is 0 Å². The van der Waals surface area contributed by atoms with Crippen LogP contribution < -0.4 is 5.32 Å². The van der Waals surface area contributed by atoms with Crippen LogP contribution in [0.15, 0.2) is 18.2 Å². The summed E-state index contributed by atoms with van der Waals surface area (Å²) >= 11 is 0. The maximum absolute atomic E-state index is 13.2. The Hall–Kier alpha value is -0.960. The fourth-order valence-corrected chi connectivity index (χ4v) is 3.40. The van der Waals surface area contributed by atoms with E-state index < -0.39 is 11.6 Å². The van der Waals surface area contributed by atoms with Crippen molar-refractivity contribution in [2.75, 3.05) is 0 Å². The SMILES string of the molecule is CC1CCC(C(C)C)C(NCc2cc(F)cc(F)c2)C1. The van der Waals surface area contributed by atoms with E-state index >= 15 is 0 Å². The van der Waals surface area contributed by atoms with Crippen molar-refractivity contribution in [2.24, 2.45) is 17.8 Å². The van der Waals surface area contributed by atoms with Crippen LogP contribution in [-0.2, 0) is 6.54 Å². The smallest absolute Gasteiger partial charge is 0.126 e. The first-order valence-corrected chi connectivity index (χ1v) is 7.64. The molecule has 1 aliphatic carbocycles. The molecular weight excluding hydrogens is 256 g/mol. The fraction of sp³-hybridized carbons (Fsp3) is 0.647. The number of nitrogens with one attached hydrogen (secondary N) is 1. The lowest BCUT2D eigenvalue weighted by Crippen LogP contribution is -2.42. The summed E-state index contributed by atoms with van der Waals surface area (Å²) in [6.45, 7) is 7.34. The van der Waals surface area contributed by atoms with Gasteiger partial charge in [-0.2, -0.15) is 0 Å². The van der Waals surface area contributed by atoms with Crippen LogP contribution in [0.1, 0.15) is 45.6 Å². The fourth-order valence-electron chi connectivity index (χ4n) is 3.40. The molecule has 0 bridgehead atoms. The molecule has 1 aromatic carbocycles. The molecule has 20 heavy (non-hydrogen) atoms. The van der Waals surface area contributed by atoms with Crippen LogP contribution in [0.3, 0.4) is 0 Å². The van der Waals surface area contributed by atoms with Crippen molar-refractivity contribution in [3.05, 3.63) is 35.4 Å². The second-order valence-electron chi connectivity index (χ2n) is 6.59. The van der Waals surface area contributed by atoms with Gasteiger partial charge in [0.15, 0.2) is 0 Å². The number of benzene rings is 1. The summed E-state index contributed by atoms with van der Waals surface area (Å²) < 4.78 is 26.4. The Balaban J connectivity index is 1.99. The van der Waals surface area contributed by atoms with Crippen LogP contribution in [0.4, 0.5) is 8.78 Å². The second kappa shape index (κ2) is 6.66. The zero-order chi connectivity index (χ0) is 14.7. The van der Waals surface area contributed by atoms with Gasteiger partial charge < -0.3 is 5.32 Å². The van der Waals surface area contributed by atoms with E-state index in [4.69, 9.17) is 0 Å². The molecular formula is C17H25F2N. The van der Waals surface area contributed by atoms with E-state index in [1.165, 1.54) is 25.0 Å². The van der Waals surface area contributed by atoms with Crippen LogP contribution >= 0.6 is 0 Å². The van der Waals surface area contributed by atoms with Gasteiger partial charge in [0.25, 0.3) is 0 Å². The molecule has 0 amide bonds. The number of hydrogen-bond acceptors (Lipinski definition) is 1. The molecule has 1 saturated carbocycles. The molecule has 3 atom stereocenters. The monoisotopic (exact) mass is 281 g/mol. The van der Waals surface area contributed by atoms with E-state index in [1.54, 1.807) is 0 Å².